The molecule has 1 fully saturated rings. The first kappa shape index (κ1) is 15.9. The molecule has 0 aliphatic carbocycles. The van der Waals surface area contributed by atoms with Crippen LogP contribution in [0.25, 0.3) is 0 Å². The van der Waals surface area contributed by atoms with E-state index in [4.69, 9.17) is 0 Å². The predicted molar refractivity (Wildman–Crippen MR) is 82.2 cm³/mol. The van der Waals surface area contributed by atoms with Crippen LogP contribution in [0, 0.1) is 0 Å². The molecule has 1 aliphatic heterocycles. The Hall–Kier alpha value is -1.46. The van der Waals surface area contributed by atoms with Gasteiger partial charge in [0, 0.05) is 25.3 Å². The average Bonchev–Trinajstić information content (AvgIpc) is 2.94. The lowest BCUT2D eigenvalue weighted by Gasteiger charge is -2.27. The summed E-state index contributed by atoms with van der Waals surface area (Å²) >= 11 is 0. The fourth-order valence-electron chi connectivity index (χ4n) is 2.98. The van der Waals surface area contributed by atoms with Crippen LogP contribution in [0.5, 0.6) is 0 Å². The van der Waals surface area contributed by atoms with Gasteiger partial charge in [0.25, 0.3) is 0 Å². The predicted octanol–water partition coefficient (Wildman–Crippen LogP) is 1.78. The van der Waals surface area contributed by atoms with Crippen LogP contribution < -0.4 is 0 Å². The van der Waals surface area contributed by atoms with Crippen LogP contribution in [-0.2, 0) is 11.3 Å². The molecule has 1 atom stereocenters. The number of methoxy groups -OCH3 is 1. The lowest BCUT2D eigenvalue weighted by atomic mass is 10.2. The number of aromatic nitrogens is 1. The molecule has 1 aromatic rings. The molecule has 116 valence electrons. The molecule has 21 heavy (non-hydrogen) atoms. The molecule has 1 aliphatic rings. The highest BCUT2D eigenvalue weighted by Crippen LogP contribution is 2.17. The monoisotopic (exact) mass is 291 g/mol. The minimum atomic E-state index is -0.341. The number of hydrogen-bond acceptors (Lipinski definition) is 5. The van der Waals surface area contributed by atoms with E-state index in [1.807, 2.05) is 6.07 Å². The summed E-state index contributed by atoms with van der Waals surface area (Å²) in [5.41, 5.74) is 1.48. The van der Waals surface area contributed by atoms with E-state index >= 15 is 0 Å². The Labute approximate surface area is 126 Å². The summed E-state index contributed by atoms with van der Waals surface area (Å²) in [4.78, 5) is 20.6. The van der Waals surface area contributed by atoms with E-state index in [2.05, 4.69) is 33.5 Å². The number of pyridine rings is 1. The molecule has 2 heterocycles. The highest BCUT2D eigenvalue weighted by molar-refractivity contribution is 5.88. The molecule has 0 aromatic carbocycles. The second-order valence-electron chi connectivity index (χ2n) is 5.65. The molecule has 5 heteroatoms. The third kappa shape index (κ3) is 4.25. The quantitative estimate of drug-likeness (QED) is 0.748. The maximum Gasteiger partial charge on any atom is 0.339 e. The van der Waals surface area contributed by atoms with Gasteiger partial charge in [-0.05, 0) is 45.1 Å². The molecule has 1 saturated heterocycles. The third-order valence-corrected chi connectivity index (χ3v) is 4.11. The second-order valence-corrected chi connectivity index (χ2v) is 5.65. The van der Waals surface area contributed by atoms with Gasteiger partial charge in [0.2, 0.25) is 0 Å². The van der Waals surface area contributed by atoms with Crippen LogP contribution >= 0.6 is 0 Å². The van der Waals surface area contributed by atoms with Gasteiger partial charge < -0.3 is 4.74 Å². The van der Waals surface area contributed by atoms with E-state index < -0.39 is 0 Å². The zero-order valence-electron chi connectivity index (χ0n) is 13.2. The number of rotatable bonds is 6. The summed E-state index contributed by atoms with van der Waals surface area (Å²) < 4.78 is 4.68. The van der Waals surface area contributed by atoms with Crippen molar-refractivity contribution in [2.45, 2.75) is 32.4 Å². The smallest absolute Gasteiger partial charge is 0.339 e. The Bertz CT molecular complexity index is 461. The van der Waals surface area contributed by atoms with Crippen molar-refractivity contribution in [2.24, 2.45) is 0 Å². The van der Waals surface area contributed by atoms with Gasteiger partial charge in [-0.2, -0.15) is 0 Å². The fourth-order valence-corrected chi connectivity index (χ4v) is 2.98. The number of hydrogen-bond donors (Lipinski definition) is 0. The lowest BCUT2D eigenvalue weighted by molar-refractivity contribution is 0.0600. The molecule has 0 bridgehead atoms. The minimum Gasteiger partial charge on any atom is -0.465 e. The van der Waals surface area contributed by atoms with Crippen LogP contribution in [-0.4, -0.2) is 60.6 Å². The number of ether oxygens (including phenoxy) is 1. The lowest BCUT2D eigenvalue weighted by Crippen LogP contribution is -2.38. The topological polar surface area (TPSA) is 45.7 Å². The first-order valence-electron chi connectivity index (χ1n) is 7.60. The van der Waals surface area contributed by atoms with Crippen molar-refractivity contribution < 1.29 is 9.53 Å². The van der Waals surface area contributed by atoms with Gasteiger partial charge in [0.05, 0.1) is 18.4 Å². The van der Waals surface area contributed by atoms with Crippen LogP contribution in [0.15, 0.2) is 18.3 Å². The normalized spacial score (nSPS) is 19.1. The molecule has 0 N–H and O–H groups in total. The summed E-state index contributed by atoms with van der Waals surface area (Å²) in [5, 5.41) is 0. The highest BCUT2D eigenvalue weighted by atomic mass is 16.5. The van der Waals surface area contributed by atoms with Crippen molar-refractivity contribution in [1.29, 1.82) is 0 Å². The Balaban J connectivity index is 1.87. The summed E-state index contributed by atoms with van der Waals surface area (Å²) in [6.45, 7) is 6.45. The van der Waals surface area contributed by atoms with E-state index in [0.29, 0.717) is 11.6 Å². The second kappa shape index (κ2) is 7.52. The fraction of sp³-hybridized carbons (Fsp3) is 0.625. The number of likely N-dealkylation sites (N-methyl/N-ethyl adjacent to an activating group) is 2. The molecule has 5 nitrogen and oxygen atoms in total. The zero-order chi connectivity index (χ0) is 15.2. The number of carbonyl (C=O) groups is 1. The van der Waals surface area contributed by atoms with Crippen molar-refractivity contribution in [3.63, 3.8) is 0 Å². The van der Waals surface area contributed by atoms with Gasteiger partial charge in [-0.15, -0.1) is 0 Å². The maximum absolute atomic E-state index is 11.4. The zero-order valence-corrected chi connectivity index (χ0v) is 13.2. The first-order chi connectivity index (χ1) is 10.1. The van der Waals surface area contributed by atoms with Crippen LogP contribution in [0.1, 0.15) is 35.8 Å². The van der Waals surface area contributed by atoms with E-state index in [1.165, 1.54) is 26.5 Å². The number of nitrogens with zero attached hydrogens (tertiary/aromatic N) is 3. The molecule has 2 rings (SSSR count). The summed E-state index contributed by atoms with van der Waals surface area (Å²) in [5.74, 6) is -0.341. The first-order valence-corrected chi connectivity index (χ1v) is 7.60. The molecular formula is C16H25N3O2. The standard InChI is InChI=1S/C16H25N3O2/c1-4-19-9-5-6-15(19)12-18(2)11-14-8-7-13(10-17-14)16(20)21-3/h7-8,10,15H,4-6,9,11-12H2,1-3H3. The van der Waals surface area contributed by atoms with E-state index in [1.54, 1.807) is 12.3 Å². The SMILES string of the molecule is CCN1CCCC1CN(C)Cc1ccc(C(=O)OC)cn1. The minimum absolute atomic E-state index is 0.341. The van der Waals surface area contributed by atoms with Gasteiger partial charge >= 0.3 is 5.97 Å². The Morgan fingerprint density at radius 1 is 1.52 bits per heavy atom. The van der Waals surface area contributed by atoms with Crippen molar-refractivity contribution >= 4 is 5.97 Å². The van der Waals surface area contributed by atoms with Gasteiger partial charge in [-0.25, -0.2) is 4.79 Å². The molecule has 1 unspecified atom stereocenters. The molecule has 0 saturated carbocycles. The van der Waals surface area contributed by atoms with Crippen molar-refractivity contribution in [3.05, 3.63) is 29.6 Å². The number of carbonyl (C=O) groups excluding carboxylic acids is 1. The van der Waals surface area contributed by atoms with Gasteiger partial charge in [0.15, 0.2) is 0 Å². The van der Waals surface area contributed by atoms with Crippen molar-refractivity contribution in [2.75, 3.05) is 33.8 Å². The van der Waals surface area contributed by atoms with E-state index in [9.17, 15) is 4.79 Å². The third-order valence-electron chi connectivity index (χ3n) is 4.11. The van der Waals surface area contributed by atoms with E-state index in [0.717, 1.165) is 25.3 Å². The van der Waals surface area contributed by atoms with Gasteiger partial charge in [-0.1, -0.05) is 6.92 Å². The number of esters is 1. The van der Waals surface area contributed by atoms with E-state index in [-0.39, 0.29) is 5.97 Å². The summed E-state index contributed by atoms with van der Waals surface area (Å²) in [6, 6.07) is 4.33. The molecular weight excluding hydrogens is 266 g/mol. The average molecular weight is 291 g/mol. The molecule has 0 radical (unpaired) electrons. The van der Waals surface area contributed by atoms with Crippen LogP contribution in [0.3, 0.4) is 0 Å². The molecule has 1 aromatic heterocycles. The Morgan fingerprint density at radius 2 is 2.33 bits per heavy atom. The van der Waals surface area contributed by atoms with Gasteiger partial charge in [-0.3, -0.25) is 14.8 Å². The highest BCUT2D eigenvalue weighted by Gasteiger charge is 2.24. The van der Waals surface area contributed by atoms with Crippen molar-refractivity contribution in [3.8, 4) is 0 Å². The van der Waals surface area contributed by atoms with Crippen LogP contribution in [0.4, 0.5) is 0 Å². The van der Waals surface area contributed by atoms with Gasteiger partial charge in [0.1, 0.15) is 0 Å². The summed E-state index contributed by atoms with van der Waals surface area (Å²) in [6.07, 6.45) is 4.17. The van der Waals surface area contributed by atoms with Crippen molar-refractivity contribution in [1.82, 2.24) is 14.8 Å². The van der Waals surface area contributed by atoms with Crippen LogP contribution in [0.2, 0.25) is 0 Å². The summed E-state index contributed by atoms with van der Waals surface area (Å²) in [7, 11) is 3.51. The molecule has 0 amide bonds. The Kier molecular flexibility index (Phi) is 5.70. The number of likely N-dealkylation sites (tertiary alicyclic amines) is 1. The largest absolute Gasteiger partial charge is 0.465 e. The molecule has 0 spiro atoms. The Morgan fingerprint density at radius 3 is 2.95 bits per heavy atom. The maximum atomic E-state index is 11.4.